The number of imide groups is 1. The Morgan fingerprint density at radius 2 is 1.72 bits per heavy atom. The first-order valence-electron chi connectivity index (χ1n) is 12.7. The van der Waals surface area contributed by atoms with Crippen molar-refractivity contribution in [2.45, 2.75) is 51.6 Å². The molecule has 12 heteroatoms. The number of amides is 3. The van der Waals surface area contributed by atoms with Gasteiger partial charge in [-0.1, -0.05) is 37.8 Å². The molecular formula is C27H34N4O7Si. The number of H-pyrrole nitrogens is 1. The van der Waals surface area contributed by atoms with Crippen molar-refractivity contribution in [3.05, 3.63) is 80.6 Å². The molecule has 1 N–H and O–H groups in total. The molecule has 11 nitrogen and oxygen atoms in total. The zero-order chi connectivity index (χ0) is 28.9. The predicted molar refractivity (Wildman–Crippen MR) is 147 cm³/mol. The highest BCUT2D eigenvalue weighted by molar-refractivity contribution is 6.76. The summed E-state index contributed by atoms with van der Waals surface area (Å²) >= 11 is 0. The molecule has 0 aliphatic carbocycles. The minimum atomic E-state index is -1.50. The van der Waals surface area contributed by atoms with Crippen LogP contribution in [0.1, 0.15) is 32.7 Å². The van der Waals surface area contributed by atoms with Gasteiger partial charge in [-0.2, -0.15) is 0 Å². The van der Waals surface area contributed by atoms with Crippen molar-refractivity contribution >= 4 is 31.8 Å². The third-order valence-electron chi connectivity index (χ3n) is 6.39. The molecule has 1 atom stereocenters. The van der Waals surface area contributed by atoms with Crippen LogP contribution in [0.3, 0.4) is 0 Å². The van der Waals surface area contributed by atoms with Gasteiger partial charge in [-0.05, 0) is 31.5 Å². The van der Waals surface area contributed by atoms with Crippen molar-refractivity contribution in [3.63, 3.8) is 0 Å². The maximum Gasteiger partial charge on any atom is 0.329 e. The van der Waals surface area contributed by atoms with E-state index >= 15 is 0 Å². The lowest BCUT2D eigenvalue weighted by Gasteiger charge is -2.31. The van der Waals surface area contributed by atoms with Crippen molar-refractivity contribution < 1.29 is 23.9 Å². The van der Waals surface area contributed by atoms with E-state index in [1.807, 2.05) is 0 Å². The van der Waals surface area contributed by atoms with Crippen LogP contribution in [0.15, 0.2) is 52.7 Å². The number of ether oxygens (including phenoxy) is 1. The van der Waals surface area contributed by atoms with Gasteiger partial charge >= 0.3 is 11.7 Å². The van der Waals surface area contributed by atoms with Gasteiger partial charge in [0.1, 0.15) is 12.6 Å². The number of rotatable bonds is 12. The number of fused-ring (bicyclic) bond motifs is 1. The van der Waals surface area contributed by atoms with Gasteiger partial charge in [-0.15, -0.1) is 6.58 Å². The molecule has 0 bridgehead atoms. The van der Waals surface area contributed by atoms with Crippen LogP contribution in [0.5, 0.6) is 0 Å². The van der Waals surface area contributed by atoms with Crippen LogP contribution in [-0.2, 0) is 20.9 Å². The lowest BCUT2D eigenvalue weighted by Crippen LogP contribution is -2.51. The number of nitrogens with zero attached hydrogens (tertiary/aromatic N) is 3. The molecule has 1 aliphatic rings. The summed E-state index contributed by atoms with van der Waals surface area (Å²) in [6.07, 6.45) is 2.79. The second-order valence-corrected chi connectivity index (χ2v) is 16.2. The molecule has 1 unspecified atom stereocenters. The first kappa shape index (κ1) is 29.5. The lowest BCUT2D eigenvalue weighted by atomic mass is 10.1. The van der Waals surface area contributed by atoms with E-state index in [9.17, 15) is 28.8 Å². The fourth-order valence-corrected chi connectivity index (χ4v) is 4.85. The Labute approximate surface area is 227 Å². The number of benzene rings is 1. The molecule has 0 spiro atoms. The summed E-state index contributed by atoms with van der Waals surface area (Å²) in [6.45, 7) is 11.0. The number of hydrogen-bond donors (Lipinski definition) is 1. The Hall–Kier alpha value is -4.06. The Balaban J connectivity index is 1.88. The summed E-state index contributed by atoms with van der Waals surface area (Å²) < 4.78 is 6.57. The molecule has 0 radical (unpaired) electrons. The molecule has 3 rings (SSSR count). The van der Waals surface area contributed by atoms with E-state index < -0.39 is 55.6 Å². The average Bonchev–Trinajstić information content (AvgIpc) is 3.10. The van der Waals surface area contributed by atoms with Crippen molar-refractivity contribution in [3.8, 4) is 0 Å². The van der Waals surface area contributed by atoms with Crippen molar-refractivity contribution in [2.24, 2.45) is 0 Å². The number of aromatic amines is 1. The first-order chi connectivity index (χ1) is 18.3. The number of aryl methyl sites for hydroxylation is 1. The number of esters is 1. The fraction of sp³-hybridized carbons (Fsp3) is 0.407. The maximum absolute atomic E-state index is 13.6. The fourth-order valence-electron chi connectivity index (χ4n) is 4.14. The zero-order valence-electron chi connectivity index (χ0n) is 22.7. The van der Waals surface area contributed by atoms with E-state index in [1.54, 1.807) is 24.3 Å². The monoisotopic (exact) mass is 554 g/mol. The van der Waals surface area contributed by atoms with Gasteiger partial charge in [-0.25, -0.2) is 9.59 Å². The summed E-state index contributed by atoms with van der Waals surface area (Å²) in [5.41, 5.74) is -0.583. The van der Waals surface area contributed by atoms with Crippen LogP contribution in [0.4, 0.5) is 0 Å². The van der Waals surface area contributed by atoms with Gasteiger partial charge in [0.15, 0.2) is 0 Å². The van der Waals surface area contributed by atoms with Gasteiger partial charge in [0, 0.05) is 32.9 Å². The molecule has 2 aromatic rings. The molecule has 1 aliphatic heterocycles. The number of carbonyl (C=O) groups excluding carboxylic acids is 4. The third kappa shape index (κ3) is 7.08. The molecule has 39 heavy (non-hydrogen) atoms. The topological polar surface area (TPSA) is 139 Å². The van der Waals surface area contributed by atoms with Gasteiger partial charge < -0.3 is 9.64 Å². The predicted octanol–water partition coefficient (Wildman–Crippen LogP) is 1.80. The molecule has 0 saturated heterocycles. The summed E-state index contributed by atoms with van der Waals surface area (Å²) in [5, 5.41) is 0. The summed E-state index contributed by atoms with van der Waals surface area (Å²) in [6, 6.07) is 6.06. The molecule has 208 valence electrons. The quantitative estimate of drug-likeness (QED) is 0.183. The van der Waals surface area contributed by atoms with E-state index in [0.29, 0.717) is 0 Å². The SMILES string of the molecule is C=CCC(C(=O)OCC[Si](C)(C)C)N(CCN1C(=O)c2ccccc2C1=O)C(=O)Cn1cc(C)c(=O)[nH]c1=O. The van der Waals surface area contributed by atoms with E-state index in [0.717, 1.165) is 15.5 Å². The zero-order valence-corrected chi connectivity index (χ0v) is 23.7. The van der Waals surface area contributed by atoms with E-state index in [4.69, 9.17) is 4.74 Å². The normalized spacial score (nSPS) is 13.7. The van der Waals surface area contributed by atoms with E-state index in [2.05, 4.69) is 31.2 Å². The minimum absolute atomic E-state index is 0.0547. The van der Waals surface area contributed by atoms with Gasteiger partial charge in [0.2, 0.25) is 5.91 Å². The number of carbonyl (C=O) groups is 4. The molecule has 1 aromatic carbocycles. The van der Waals surface area contributed by atoms with Crippen LogP contribution >= 0.6 is 0 Å². The largest absolute Gasteiger partial charge is 0.464 e. The van der Waals surface area contributed by atoms with Crippen LogP contribution < -0.4 is 11.2 Å². The van der Waals surface area contributed by atoms with E-state index in [1.165, 1.54) is 24.1 Å². The summed E-state index contributed by atoms with van der Waals surface area (Å²) in [7, 11) is -1.50. The van der Waals surface area contributed by atoms with E-state index in [-0.39, 0.29) is 42.8 Å². The molecule has 3 amide bonds. The minimum Gasteiger partial charge on any atom is -0.464 e. The number of aromatic nitrogens is 2. The van der Waals surface area contributed by atoms with Crippen LogP contribution in [0.2, 0.25) is 25.7 Å². The Bertz CT molecular complexity index is 1370. The molecular weight excluding hydrogens is 520 g/mol. The van der Waals surface area contributed by atoms with Gasteiger partial charge in [-0.3, -0.25) is 33.6 Å². The second-order valence-electron chi connectivity index (χ2n) is 10.6. The number of nitrogens with one attached hydrogen (secondary N) is 1. The second kappa shape index (κ2) is 12.2. The average molecular weight is 555 g/mol. The van der Waals surface area contributed by atoms with Gasteiger partial charge in [0.05, 0.1) is 17.7 Å². The highest BCUT2D eigenvalue weighted by Crippen LogP contribution is 2.22. The summed E-state index contributed by atoms with van der Waals surface area (Å²) in [4.78, 5) is 81.0. The first-order valence-corrected chi connectivity index (χ1v) is 16.4. The van der Waals surface area contributed by atoms with Crippen LogP contribution in [-0.4, -0.2) is 76.9 Å². The molecule has 0 fully saturated rings. The van der Waals surface area contributed by atoms with Gasteiger partial charge in [0.25, 0.3) is 17.4 Å². The molecule has 1 aromatic heterocycles. The highest BCUT2D eigenvalue weighted by Gasteiger charge is 2.37. The lowest BCUT2D eigenvalue weighted by molar-refractivity contribution is -0.155. The number of hydrogen-bond acceptors (Lipinski definition) is 7. The highest BCUT2D eigenvalue weighted by atomic mass is 28.3. The smallest absolute Gasteiger partial charge is 0.329 e. The Kier molecular flexibility index (Phi) is 9.22. The Morgan fingerprint density at radius 3 is 2.28 bits per heavy atom. The maximum atomic E-state index is 13.6. The Morgan fingerprint density at radius 1 is 1.10 bits per heavy atom. The summed E-state index contributed by atoms with van der Waals surface area (Å²) in [5.74, 6) is -2.26. The van der Waals surface area contributed by atoms with Crippen molar-refractivity contribution in [2.75, 3.05) is 19.7 Å². The molecule has 2 heterocycles. The standard InChI is InChI=1S/C27H34N4O7Si/c1-6-9-21(26(36)38-14-15-39(3,4)5)30(22(32)17-29-16-18(2)23(33)28-27(29)37)12-13-31-24(34)19-10-7-8-11-20(19)25(31)35/h6-8,10-11,16,21H,1,9,12-15,17H2,2-5H3,(H,28,33,37). The van der Waals surface area contributed by atoms with Crippen molar-refractivity contribution in [1.82, 2.24) is 19.4 Å². The van der Waals surface area contributed by atoms with Crippen LogP contribution in [0.25, 0.3) is 0 Å². The molecule has 0 saturated carbocycles. The van der Waals surface area contributed by atoms with Crippen LogP contribution in [0, 0.1) is 6.92 Å². The third-order valence-corrected chi connectivity index (χ3v) is 8.10. The van der Waals surface area contributed by atoms with Crippen molar-refractivity contribution in [1.29, 1.82) is 0 Å².